The Labute approximate surface area is 101 Å². The summed E-state index contributed by atoms with van der Waals surface area (Å²) in [4.78, 5) is 0. The van der Waals surface area contributed by atoms with Crippen molar-refractivity contribution in [2.45, 2.75) is 71.4 Å². The van der Waals surface area contributed by atoms with E-state index in [4.69, 9.17) is 0 Å². The van der Waals surface area contributed by atoms with Crippen LogP contribution >= 0.6 is 0 Å². The van der Waals surface area contributed by atoms with Gasteiger partial charge in [-0.1, -0.05) is 33.6 Å². The molecule has 1 rings (SSSR count). The summed E-state index contributed by atoms with van der Waals surface area (Å²) in [6, 6.07) is 0.506. The highest BCUT2D eigenvalue weighted by molar-refractivity contribution is 4.99. The van der Waals surface area contributed by atoms with E-state index < -0.39 is 0 Å². The van der Waals surface area contributed by atoms with Crippen LogP contribution in [0, 0.1) is 11.8 Å². The highest BCUT2D eigenvalue weighted by Gasteiger charge is 2.41. The molecule has 0 spiro atoms. The third-order valence-electron chi connectivity index (χ3n) is 4.33. The van der Waals surface area contributed by atoms with Crippen LogP contribution in [0.5, 0.6) is 0 Å². The Kier molecular flexibility index (Phi) is 5.26. The van der Waals surface area contributed by atoms with Crippen molar-refractivity contribution in [1.29, 1.82) is 0 Å². The van der Waals surface area contributed by atoms with Gasteiger partial charge in [-0.05, 0) is 38.0 Å². The maximum Gasteiger partial charge on any atom is 0.0616 e. The molecule has 1 fully saturated rings. The van der Waals surface area contributed by atoms with Gasteiger partial charge in [-0.2, -0.15) is 0 Å². The van der Waals surface area contributed by atoms with Crippen molar-refractivity contribution in [1.82, 2.24) is 5.32 Å². The molecule has 0 aromatic heterocycles. The molecular weight excluding hydrogens is 198 g/mol. The SMILES string of the molecule is CCC(C)NC1(CO)CCCCC1C(C)C. The minimum atomic E-state index is -0.0121. The molecule has 1 aliphatic carbocycles. The third kappa shape index (κ3) is 2.98. The van der Waals surface area contributed by atoms with E-state index in [0.29, 0.717) is 24.5 Å². The predicted molar refractivity (Wildman–Crippen MR) is 69.5 cm³/mol. The van der Waals surface area contributed by atoms with Crippen molar-refractivity contribution in [3.63, 3.8) is 0 Å². The van der Waals surface area contributed by atoms with Crippen LogP contribution in [0.1, 0.15) is 59.8 Å². The van der Waals surface area contributed by atoms with Crippen LogP contribution in [0.15, 0.2) is 0 Å². The van der Waals surface area contributed by atoms with Gasteiger partial charge in [0.2, 0.25) is 0 Å². The monoisotopic (exact) mass is 227 g/mol. The first-order valence-electron chi connectivity index (χ1n) is 6.94. The second-order valence-electron chi connectivity index (χ2n) is 5.86. The maximum absolute atomic E-state index is 9.84. The van der Waals surface area contributed by atoms with E-state index in [-0.39, 0.29) is 5.54 Å². The highest BCUT2D eigenvalue weighted by atomic mass is 16.3. The highest BCUT2D eigenvalue weighted by Crippen LogP contribution is 2.38. The molecule has 0 heterocycles. The average Bonchev–Trinajstić information content (AvgIpc) is 2.29. The van der Waals surface area contributed by atoms with Crippen molar-refractivity contribution in [3.8, 4) is 0 Å². The summed E-state index contributed by atoms with van der Waals surface area (Å²) in [6.07, 6.45) is 6.12. The van der Waals surface area contributed by atoms with Gasteiger partial charge in [-0.3, -0.25) is 0 Å². The minimum Gasteiger partial charge on any atom is -0.394 e. The summed E-state index contributed by atoms with van der Waals surface area (Å²) < 4.78 is 0. The lowest BCUT2D eigenvalue weighted by molar-refractivity contribution is 0.0340. The van der Waals surface area contributed by atoms with Crippen LogP contribution in [-0.4, -0.2) is 23.3 Å². The number of hydrogen-bond acceptors (Lipinski definition) is 2. The topological polar surface area (TPSA) is 32.3 Å². The fourth-order valence-electron chi connectivity index (χ4n) is 3.25. The van der Waals surface area contributed by atoms with Gasteiger partial charge in [0.25, 0.3) is 0 Å². The molecule has 96 valence electrons. The van der Waals surface area contributed by atoms with E-state index in [9.17, 15) is 5.11 Å². The Morgan fingerprint density at radius 1 is 1.31 bits per heavy atom. The van der Waals surface area contributed by atoms with Crippen LogP contribution in [0.3, 0.4) is 0 Å². The number of nitrogens with one attached hydrogen (secondary N) is 1. The first kappa shape index (κ1) is 14.0. The lowest BCUT2D eigenvalue weighted by Crippen LogP contribution is -2.59. The molecule has 0 saturated heterocycles. The predicted octanol–water partition coefficient (Wildman–Crippen LogP) is 2.95. The van der Waals surface area contributed by atoms with Gasteiger partial charge in [-0.25, -0.2) is 0 Å². The Bertz CT molecular complexity index is 205. The van der Waals surface area contributed by atoms with Gasteiger partial charge in [0.15, 0.2) is 0 Å². The van der Waals surface area contributed by atoms with Crippen LogP contribution in [-0.2, 0) is 0 Å². The summed E-state index contributed by atoms with van der Waals surface area (Å²) in [5, 5.41) is 13.6. The molecule has 3 unspecified atom stereocenters. The van der Waals surface area contributed by atoms with Crippen molar-refractivity contribution < 1.29 is 5.11 Å². The van der Waals surface area contributed by atoms with Gasteiger partial charge in [0, 0.05) is 11.6 Å². The summed E-state index contributed by atoms with van der Waals surface area (Å²) in [5.74, 6) is 1.28. The van der Waals surface area contributed by atoms with E-state index in [2.05, 4.69) is 33.0 Å². The number of aliphatic hydroxyl groups is 1. The Hall–Kier alpha value is -0.0800. The van der Waals surface area contributed by atoms with Crippen LogP contribution in [0.4, 0.5) is 0 Å². The Morgan fingerprint density at radius 3 is 2.50 bits per heavy atom. The van der Waals surface area contributed by atoms with Gasteiger partial charge < -0.3 is 10.4 Å². The number of aliphatic hydroxyl groups excluding tert-OH is 1. The van der Waals surface area contributed by atoms with E-state index in [1.165, 1.54) is 19.3 Å². The lowest BCUT2D eigenvalue weighted by Gasteiger charge is -2.47. The zero-order chi connectivity index (χ0) is 12.2. The minimum absolute atomic E-state index is 0.0121. The van der Waals surface area contributed by atoms with E-state index in [1.54, 1.807) is 0 Å². The first-order valence-corrected chi connectivity index (χ1v) is 6.94. The summed E-state index contributed by atoms with van der Waals surface area (Å²) in [7, 11) is 0. The quantitative estimate of drug-likeness (QED) is 0.757. The molecule has 2 nitrogen and oxygen atoms in total. The van der Waals surface area contributed by atoms with Gasteiger partial charge >= 0.3 is 0 Å². The second kappa shape index (κ2) is 6.02. The normalized spacial score (nSPS) is 33.0. The fraction of sp³-hybridized carbons (Fsp3) is 1.00. The smallest absolute Gasteiger partial charge is 0.0616 e. The second-order valence-corrected chi connectivity index (χ2v) is 5.86. The van der Waals surface area contributed by atoms with Crippen molar-refractivity contribution >= 4 is 0 Å². The summed E-state index contributed by atoms with van der Waals surface area (Å²) in [6.45, 7) is 9.30. The molecule has 2 N–H and O–H groups in total. The van der Waals surface area contributed by atoms with E-state index in [1.807, 2.05) is 0 Å². The number of hydrogen-bond donors (Lipinski definition) is 2. The molecule has 0 aromatic carbocycles. The largest absolute Gasteiger partial charge is 0.394 e. The zero-order valence-electron chi connectivity index (χ0n) is 11.4. The van der Waals surface area contributed by atoms with Crippen LogP contribution in [0.2, 0.25) is 0 Å². The van der Waals surface area contributed by atoms with E-state index in [0.717, 1.165) is 12.8 Å². The van der Waals surface area contributed by atoms with Crippen molar-refractivity contribution in [2.75, 3.05) is 6.61 Å². The fourth-order valence-corrected chi connectivity index (χ4v) is 3.25. The molecule has 1 aliphatic rings. The standard InChI is InChI=1S/C14H29NO/c1-5-12(4)15-14(10-16)9-7-6-8-13(14)11(2)3/h11-13,15-16H,5-10H2,1-4H3. The zero-order valence-corrected chi connectivity index (χ0v) is 11.4. The molecule has 0 aromatic rings. The third-order valence-corrected chi connectivity index (χ3v) is 4.33. The molecule has 0 aliphatic heterocycles. The van der Waals surface area contributed by atoms with E-state index >= 15 is 0 Å². The molecule has 0 bridgehead atoms. The van der Waals surface area contributed by atoms with Crippen molar-refractivity contribution in [2.24, 2.45) is 11.8 Å². The molecule has 1 saturated carbocycles. The molecule has 16 heavy (non-hydrogen) atoms. The van der Waals surface area contributed by atoms with Gasteiger partial charge in [-0.15, -0.1) is 0 Å². The maximum atomic E-state index is 9.84. The molecule has 0 radical (unpaired) electrons. The average molecular weight is 227 g/mol. The Morgan fingerprint density at radius 2 is 2.00 bits per heavy atom. The molecule has 3 atom stereocenters. The lowest BCUT2D eigenvalue weighted by atomic mass is 9.68. The van der Waals surface area contributed by atoms with Crippen LogP contribution < -0.4 is 5.32 Å². The van der Waals surface area contributed by atoms with Gasteiger partial charge in [0.05, 0.1) is 6.61 Å². The molecule has 2 heteroatoms. The summed E-state index contributed by atoms with van der Waals surface area (Å²) >= 11 is 0. The molecule has 0 amide bonds. The Balaban J connectivity index is 2.79. The number of rotatable bonds is 5. The van der Waals surface area contributed by atoms with Gasteiger partial charge in [0.1, 0.15) is 0 Å². The van der Waals surface area contributed by atoms with Crippen molar-refractivity contribution in [3.05, 3.63) is 0 Å². The summed E-state index contributed by atoms with van der Waals surface area (Å²) in [5.41, 5.74) is -0.0121. The van der Waals surface area contributed by atoms with Crippen LogP contribution in [0.25, 0.3) is 0 Å². The molecular formula is C14H29NO. The first-order chi connectivity index (χ1) is 7.55.